The smallest absolute Gasteiger partial charge is 0.309 e. The molecule has 0 amide bonds. The van der Waals surface area contributed by atoms with E-state index in [1.165, 1.54) is 0 Å². The summed E-state index contributed by atoms with van der Waals surface area (Å²) in [4.78, 5) is 15.3. The zero-order chi connectivity index (χ0) is 20.3. The van der Waals surface area contributed by atoms with Gasteiger partial charge in [-0.3, -0.25) is 9.69 Å². The standard InChI is InChI=1S/C22H24ClN3O2/c1-3-26(19-7-8-21(23)15(2)9-19)14-17-6-4-5-16(20(17)10-24)11-25-12-18(13-25)22(27)28/h4-9,18H,3,11-14H2,1-2H3,(H,27,28). The molecule has 0 aromatic heterocycles. The lowest BCUT2D eigenvalue weighted by Crippen LogP contribution is -2.49. The van der Waals surface area contributed by atoms with Gasteiger partial charge in [0.1, 0.15) is 0 Å². The molecule has 0 radical (unpaired) electrons. The number of rotatable bonds is 7. The lowest BCUT2D eigenvalue weighted by molar-refractivity contribution is -0.147. The Labute approximate surface area is 170 Å². The van der Waals surface area contributed by atoms with Gasteiger partial charge >= 0.3 is 5.97 Å². The number of likely N-dealkylation sites (tertiary alicyclic amines) is 1. The van der Waals surface area contributed by atoms with Gasteiger partial charge in [-0.05, 0) is 48.7 Å². The minimum atomic E-state index is -0.748. The largest absolute Gasteiger partial charge is 0.481 e. The van der Waals surface area contributed by atoms with E-state index in [-0.39, 0.29) is 5.92 Å². The maximum absolute atomic E-state index is 11.0. The van der Waals surface area contributed by atoms with E-state index in [1.54, 1.807) is 0 Å². The lowest BCUT2D eigenvalue weighted by atomic mass is 9.96. The van der Waals surface area contributed by atoms with Crippen molar-refractivity contribution in [3.05, 3.63) is 63.7 Å². The van der Waals surface area contributed by atoms with Crippen molar-refractivity contribution in [2.24, 2.45) is 5.92 Å². The third-order valence-electron chi connectivity index (χ3n) is 5.30. The molecule has 1 N–H and O–H groups in total. The molecule has 0 bridgehead atoms. The number of carboxylic acids is 1. The molecule has 3 rings (SSSR count). The van der Waals surface area contributed by atoms with Gasteiger partial charge in [-0.1, -0.05) is 29.8 Å². The van der Waals surface area contributed by atoms with E-state index in [0.717, 1.165) is 33.9 Å². The van der Waals surface area contributed by atoms with E-state index in [4.69, 9.17) is 16.7 Å². The van der Waals surface area contributed by atoms with Gasteiger partial charge in [0.2, 0.25) is 0 Å². The molecule has 2 aromatic rings. The van der Waals surface area contributed by atoms with Crippen LogP contribution in [0.5, 0.6) is 0 Å². The van der Waals surface area contributed by atoms with Gasteiger partial charge in [0.05, 0.1) is 17.6 Å². The minimum absolute atomic E-state index is 0.294. The fourth-order valence-corrected chi connectivity index (χ4v) is 3.69. The first-order valence-corrected chi connectivity index (χ1v) is 9.77. The van der Waals surface area contributed by atoms with Crippen LogP contribution in [-0.4, -0.2) is 35.6 Å². The summed E-state index contributed by atoms with van der Waals surface area (Å²) in [6.07, 6.45) is 0. The number of hydrogen-bond donors (Lipinski definition) is 1. The van der Waals surface area contributed by atoms with Crippen molar-refractivity contribution >= 4 is 23.3 Å². The van der Waals surface area contributed by atoms with E-state index in [2.05, 4.69) is 28.9 Å². The number of halogens is 1. The topological polar surface area (TPSA) is 67.6 Å². The number of carbonyl (C=O) groups is 1. The van der Waals surface area contributed by atoms with E-state index in [0.29, 0.717) is 31.7 Å². The Bertz CT molecular complexity index is 916. The van der Waals surface area contributed by atoms with E-state index >= 15 is 0 Å². The van der Waals surface area contributed by atoms with E-state index in [1.807, 2.05) is 37.3 Å². The van der Waals surface area contributed by atoms with Crippen molar-refractivity contribution in [3.8, 4) is 6.07 Å². The summed E-state index contributed by atoms with van der Waals surface area (Å²) in [6.45, 7) is 7.19. The van der Waals surface area contributed by atoms with Crippen LogP contribution in [-0.2, 0) is 17.9 Å². The molecule has 146 valence electrons. The van der Waals surface area contributed by atoms with Crippen molar-refractivity contribution in [2.75, 3.05) is 24.5 Å². The summed E-state index contributed by atoms with van der Waals surface area (Å²) >= 11 is 6.15. The van der Waals surface area contributed by atoms with Crippen LogP contribution in [0.15, 0.2) is 36.4 Å². The highest BCUT2D eigenvalue weighted by molar-refractivity contribution is 6.31. The van der Waals surface area contributed by atoms with Crippen LogP contribution in [0.1, 0.15) is 29.2 Å². The Morgan fingerprint density at radius 2 is 2.04 bits per heavy atom. The second kappa shape index (κ2) is 8.64. The number of benzene rings is 2. The zero-order valence-corrected chi connectivity index (χ0v) is 16.9. The zero-order valence-electron chi connectivity index (χ0n) is 16.2. The summed E-state index contributed by atoms with van der Waals surface area (Å²) in [6, 6.07) is 14.2. The maximum atomic E-state index is 11.0. The molecule has 2 aromatic carbocycles. The average molecular weight is 398 g/mol. The third-order valence-corrected chi connectivity index (χ3v) is 5.72. The van der Waals surface area contributed by atoms with Crippen LogP contribution in [0.2, 0.25) is 5.02 Å². The van der Waals surface area contributed by atoms with Gasteiger partial charge in [0.25, 0.3) is 0 Å². The van der Waals surface area contributed by atoms with Crippen molar-refractivity contribution < 1.29 is 9.90 Å². The van der Waals surface area contributed by atoms with Gasteiger partial charge in [0, 0.05) is 43.4 Å². The predicted octanol–water partition coefficient (Wildman–Crippen LogP) is 4.06. The number of anilines is 1. The first kappa shape index (κ1) is 20.2. The monoisotopic (exact) mass is 397 g/mol. The Morgan fingerprint density at radius 1 is 1.32 bits per heavy atom. The highest BCUT2D eigenvalue weighted by atomic mass is 35.5. The number of nitrogens with zero attached hydrogens (tertiary/aromatic N) is 3. The Hall–Kier alpha value is -2.55. The van der Waals surface area contributed by atoms with Crippen molar-refractivity contribution in [3.63, 3.8) is 0 Å². The quantitative estimate of drug-likeness (QED) is 0.762. The van der Waals surface area contributed by atoms with Gasteiger partial charge in [0.15, 0.2) is 0 Å². The molecule has 1 heterocycles. The maximum Gasteiger partial charge on any atom is 0.309 e. The molecule has 5 nitrogen and oxygen atoms in total. The molecule has 1 aliphatic heterocycles. The first-order chi connectivity index (χ1) is 13.4. The normalized spacial score (nSPS) is 14.4. The van der Waals surface area contributed by atoms with Gasteiger partial charge in [-0.15, -0.1) is 0 Å². The Balaban J connectivity index is 1.79. The van der Waals surface area contributed by atoms with Crippen LogP contribution >= 0.6 is 11.6 Å². The third kappa shape index (κ3) is 4.30. The highest BCUT2D eigenvalue weighted by Gasteiger charge is 2.32. The second-order valence-electron chi connectivity index (χ2n) is 7.24. The van der Waals surface area contributed by atoms with Gasteiger partial charge in [-0.25, -0.2) is 0 Å². The average Bonchev–Trinajstić information content (AvgIpc) is 2.64. The first-order valence-electron chi connectivity index (χ1n) is 9.40. The number of carboxylic acid groups (broad SMARTS) is 1. The van der Waals surface area contributed by atoms with Crippen LogP contribution < -0.4 is 4.90 Å². The number of aliphatic carboxylic acids is 1. The molecule has 0 spiro atoms. The molecule has 0 aliphatic carbocycles. The molecule has 1 saturated heterocycles. The van der Waals surface area contributed by atoms with Gasteiger partial charge in [-0.2, -0.15) is 5.26 Å². The fourth-order valence-electron chi connectivity index (χ4n) is 3.57. The summed E-state index contributed by atoms with van der Waals surface area (Å²) in [5.41, 5.74) is 4.71. The van der Waals surface area contributed by atoms with E-state index < -0.39 is 5.97 Å². The van der Waals surface area contributed by atoms with Crippen LogP contribution in [0.4, 0.5) is 5.69 Å². The summed E-state index contributed by atoms with van der Waals surface area (Å²) in [5.74, 6) is -1.04. The molecular weight excluding hydrogens is 374 g/mol. The molecule has 0 unspecified atom stereocenters. The molecule has 28 heavy (non-hydrogen) atoms. The summed E-state index contributed by atoms with van der Waals surface area (Å²) < 4.78 is 0. The molecule has 0 saturated carbocycles. The van der Waals surface area contributed by atoms with Crippen molar-refractivity contribution in [1.82, 2.24) is 4.90 Å². The number of hydrogen-bond acceptors (Lipinski definition) is 4. The van der Waals surface area contributed by atoms with E-state index in [9.17, 15) is 10.1 Å². The highest BCUT2D eigenvalue weighted by Crippen LogP contribution is 2.26. The van der Waals surface area contributed by atoms with Crippen molar-refractivity contribution in [2.45, 2.75) is 26.9 Å². The molecule has 1 aliphatic rings. The lowest BCUT2D eigenvalue weighted by Gasteiger charge is -2.37. The fraction of sp³-hybridized carbons (Fsp3) is 0.364. The summed E-state index contributed by atoms with van der Waals surface area (Å²) in [7, 11) is 0. The van der Waals surface area contributed by atoms with Crippen molar-refractivity contribution in [1.29, 1.82) is 5.26 Å². The molecule has 0 atom stereocenters. The van der Waals surface area contributed by atoms with Gasteiger partial charge < -0.3 is 10.0 Å². The van der Waals surface area contributed by atoms with Crippen LogP contribution in [0, 0.1) is 24.2 Å². The van der Waals surface area contributed by atoms with Crippen LogP contribution in [0.25, 0.3) is 0 Å². The number of aryl methyl sites for hydroxylation is 1. The summed E-state index contributed by atoms with van der Waals surface area (Å²) in [5, 5.41) is 19.6. The molecule has 6 heteroatoms. The SMILES string of the molecule is CCN(Cc1cccc(CN2CC(C(=O)O)C2)c1C#N)c1ccc(Cl)c(C)c1. The second-order valence-corrected chi connectivity index (χ2v) is 7.65. The Kier molecular flexibility index (Phi) is 6.23. The molecular formula is C22H24ClN3O2. The minimum Gasteiger partial charge on any atom is -0.481 e. The predicted molar refractivity (Wildman–Crippen MR) is 110 cm³/mol. The Morgan fingerprint density at radius 3 is 2.64 bits per heavy atom. The number of nitriles is 1. The molecule has 1 fully saturated rings. The van der Waals surface area contributed by atoms with Crippen LogP contribution in [0.3, 0.4) is 0 Å².